The lowest BCUT2D eigenvalue weighted by Gasteiger charge is -2.37. The highest BCUT2D eigenvalue weighted by atomic mass is 16.5. The molecule has 0 saturated carbocycles. The molecule has 0 aliphatic carbocycles. The Morgan fingerprint density at radius 2 is 1.92 bits per heavy atom. The fraction of sp³-hybridized carbons (Fsp3) is 0.476. The van der Waals surface area contributed by atoms with Gasteiger partial charge in [0, 0.05) is 19.1 Å². The number of fused-ring (bicyclic) bond motifs is 1. The van der Waals surface area contributed by atoms with Gasteiger partial charge in [-0.3, -0.25) is 4.79 Å². The third-order valence-corrected chi connectivity index (χ3v) is 5.42. The van der Waals surface area contributed by atoms with E-state index in [-0.39, 0.29) is 17.2 Å². The van der Waals surface area contributed by atoms with Crippen LogP contribution in [0.4, 0.5) is 0 Å². The van der Waals surface area contributed by atoms with Crippen LogP contribution in [0.3, 0.4) is 0 Å². The van der Waals surface area contributed by atoms with E-state index in [4.69, 9.17) is 4.74 Å². The minimum Gasteiger partial charge on any atom is -0.384 e. The van der Waals surface area contributed by atoms with E-state index in [1.54, 1.807) is 7.11 Å². The van der Waals surface area contributed by atoms with Gasteiger partial charge < -0.3 is 15.4 Å². The molecule has 1 saturated heterocycles. The van der Waals surface area contributed by atoms with Gasteiger partial charge in [0.1, 0.15) is 0 Å². The molecule has 1 heterocycles. The van der Waals surface area contributed by atoms with Crippen molar-refractivity contribution in [2.45, 2.75) is 25.7 Å². The molecule has 25 heavy (non-hydrogen) atoms. The Bertz CT molecular complexity index is 717. The number of benzene rings is 2. The average molecular weight is 340 g/mol. The summed E-state index contributed by atoms with van der Waals surface area (Å²) in [6.07, 6.45) is 2.07. The zero-order valence-electron chi connectivity index (χ0n) is 15.2. The third-order valence-electron chi connectivity index (χ3n) is 5.42. The van der Waals surface area contributed by atoms with E-state index in [9.17, 15) is 4.79 Å². The van der Waals surface area contributed by atoms with Crippen LogP contribution in [0, 0.1) is 5.41 Å². The van der Waals surface area contributed by atoms with Gasteiger partial charge in [-0.1, -0.05) is 42.5 Å². The number of carbonyl (C=O) groups excluding carboxylic acids is 1. The molecule has 4 nitrogen and oxygen atoms in total. The van der Waals surface area contributed by atoms with Crippen LogP contribution in [0.15, 0.2) is 42.5 Å². The predicted molar refractivity (Wildman–Crippen MR) is 102 cm³/mol. The highest BCUT2D eigenvalue weighted by Gasteiger charge is 2.33. The standard InChI is InChI=1S/C21H28N2O2/c1-16(18-8-7-17-5-3-4-6-19(17)13-18)20(24)23-14-21(15-25-2)9-11-22-12-10-21/h3-8,13,16,22H,9-12,14-15H2,1-2H3,(H,23,24). The first-order valence-electron chi connectivity index (χ1n) is 9.10. The van der Waals surface area contributed by atoms with Gasteiger partial charge in [0.05, 0.1) is 12.5 Å². The molecule has 1 atom stereocenters. The molecule has 1 amide bonds. The molecule has 2 N–H and O–H groups in total. The van der Waals surface area contributed by atoms with Crippen molar-refractivity contribution in [2.24, 2.45) is 5.41 Å². The minimum absolute atomic E-state index is 0.0543. The predicted octanol–water partition coefficient (Wildman–Crippen LogP) is 3.08. The van der Waals surface area contributed by atoms with Crippen LogP contribution < -0.4 is 10.6 Å². The van der Waals surface area contributed by atoms with Crippen LogP contribution in [0.25, 0.3) is 10.8 Å². The second kappa shape index (κ2) is 7.98. The van der Waals surface area contributed by atoms with Crippen molar-refractivity contribution in [1.82, 2.24) is 10.6 Å². The molecule has 0 bridgehead atoms. The van der Waals surface area contributed by atoms with Crippen LogP contribution in [0.5, 0.6) is 0 Å². The highest BCUT2D eigenvalue weighted by Crippen LogP contribution is 2.29. The summed E-state index contributed by atoms with van der Waals surface area (Å²) in [5, 5.41) is 8.94. The summed E-state index contributed by atoms with van der Waals surface area (Å²) in [5.74, 6) is -0.0739. The highest BCUT2D eigenvalue weighted by molar-refractivity contribution is 5.87. The second-order valence-electron chi connectivity index (χ2n) is 7.23. The van der Waals surface area contributed by atoms with Crippen LogP contribution >= 0.6 is 0 Å². The topological polar surface area (TPSA) is 50.4 Å². The Hall–Kier alpha value is -1.91. The molecule has 1 fully saturated rings. The van der Waals surface area contributed by atoms with E-state index >= 15 is 0 Å². The number of amides is 1. The van der Waals surface area contributed by atoms with Crippen LogP contribution in [0.1, 0.15) is 31.2 Å². The first-order chi connectivity index (χ1) is 12.1. The minimum atomic E-state index is -0.161. The van der Waals surface area contributed by atoms with E-state index < -0.39 is 0 Å². The van der Waals surface area contributed by atoms with Gasteiger partial charge >= 0.3 is 0 Å². The molecular weight excluding hydrogens is 312 g/mol. The summed E-state index contributed by atoms with van der Waals surface area (Å²) >= 11 is 0. The lowest BCUT2D eigenvalue weighted by atomic mass is 9.79. The van der Waals surface area contributed by atoms with Crippen molar-refractivity contribution >= 4 is 16.7 Å². The summed E-state index contributed by atoms with van der Waals surface area (Å²) in [6.45, 7) is 5.32. The fourth-order valence-electron chi connectivity index (χ4n) is 3.69. The molecule has 134 valence electrons. The third kappa shape index (κ3) is 4.20. The quantitative estimate of drug-likeness (QED) is 0.850. The van der Waals surface area contributed by atoms with E-state index in [0.717, 1.165) is 31.5 Å². The van der Waals surface area contributed by atoms with Crippen molar-refractivity contribution in [3.63, 3.8) is 0 Å². The van der Waals surface area contributed by atoms with E-state index in [0.29, 0.717) is 13.2 Å². The lowest BCUT2D eigenvalue weighted by Crippen LogP contribution is -2.47. The Labute approximate surface area is 149 Å². The largest absolute Gasteiger partial charge is 0.384 e. The number of hydrogen-bond acceptors (Lipinski definition) is 3. The Morgan fingerprint density at radius 3 is 2.64 bits per heavy atom. The molecule has 1 aliphatic rings. The van der Waals surface area contributed by atoms with Crippen molar-refractivity contribution in [2.75, 3.05) is 33.4 Å². The van der Waals surface area contributed by atoms with Gasteiger partial charge in [-0.05, 0) is 49.2 Å². The SMILES string of the molecule is COCC1(CNC(=O)C(C)c2ccc3ccccc3c2)CCNCC1. The number of piperidine rings is 1. The van der Waals surface area contributed by atoms with Gasteiger partial charge in [0.25, 0.3) is 0 Å². The summed E-state index contributed by atoms with van der Waals surface area (Å²) < 4.78 is 5.43. The van der Waals surface area contributed by atoms with E-state index in [1.165, 1.54) is 10.8 Å². The maximum atomic E-state index is 12.7. The molecule has 1 aliphatic heterocycles. The van der Waals surface area contributed by atoms with Crippen molar-refractivity contribution in [3.05, 3.63) is 48.0 Å². The maximum Gasteiger partial charge on any atom is 0.227 e. The molecule has 1 unspecified atom stereocenters. The number of hydrogen-bond donors (Lipinski definition) is 2. The summed E-state index contributed by atoms with van der Waals surface area (Å²) in [5.41, 5.74) is 1.11. The van der Waals surface area contributed by atoms with Gasteiger partial charge in [0.2, 0.25) is 5.91 Å². The van der Waals surface area contributed by atoms with E-state index in [2.05, 4.69) is 41.0 Å². The average Bonchev–Trinajstić information content (AvgIpc) is 2.66. The number of ether oxygens (including phenoxy) is 1. The molecular formula is C21H28N2O2. The van der Waals surface area contributed by atoms with Crippen molar-refractivity contribution in [3.8, 4) is 0 Å². The first kappa shape index (κ1) is 17.9. The normalized spacial score (nSPS) is 18.0. The van der Waals surface area contributed by atoms with Crippen LogP contribution in [-0.4, -0.2) is 39.3 Å². The van der Waals surface area contributed by atoms with Gasteiger partial charge in [-0.15, -0.1) is 0 Å². The summed E-state index contributed by atoms with van der Waals surface area (Å²) in [7, 11) is 1.74. The molecule has 2 aromatic rings. The number of methoxy groups -OCH3 is 1. The Balaban J connectivity index is 1.66. The smallest absolute Gasteiger partial charge is 0.227 e. The Kier molecular flexibility index (Phi) is 5.71. The molecule has 3 rings (SSSR count). The van der Waals surface area contributed by atoms with Crippen LogP contribution in [0.2, 0.25) is 0 Å². The van der Waals surface area contributed by atoms with Gasteiger partial charge in [0.15, 0.2) is 0 Å². The van der Waals surface area contributed by atoms with Crippen LogP contribution in [-0.2, 0) is 9.53 Å². The molecule has 2 aromatic carbocycles. The lowest BCUT2D eigenvalue weighted by molar-refractivity contribution is -0.123. The first-order valence-corrected chi connectivity index (χ1v) is 9.10. The molecule has 4 heteroatoms. The Morgan fingerprint density at radius 1 is 1.20 bits per heavy atom. The van der Waals surface area contributed by atoms with E-state index in [1.807, 2.05) is 19.1 Å². The fourth-order valence-corrected chi connectivity index (χ4v) is 3.69. The number of nitrogens with one attached hydrogen (secondary N) is 2. The number of carbonyl (C=O) groups is 1. The van der Waals surface area contributed by atoms with Crippen molar-refractivity contribution < 1.29 is 9.53 Å². The molecule has 0 spiro atoms. The zero-order chi connectivity index (χ0) is 17.7. The van der Waals surface area contributed by atoms with Gasteiger partial charge in [-0.25, -0.2) is 0 Å². The summed E-state index contributed by atoms with van der Waals surface area (Å²) in [4.78, 5) is 12.7. The second-order valence-corrected chi connectivity index (χ2v) is 7.23. The maximum absolute atomic E-state index is 12.7. The van der Waals surface area contributed by atoms with Gasteiger partial charge in [-0.2, -0.15) is 0 Å². The summed E-state index contributed by atoms with van der Waals surface area (Å²) in [6, 6.07) is 14.5. The monoisotopic (exact) mass is 340 g/mol. The zero-order valence-corrected chi connectivity index (χ0v) is 15.2. The molecule has 0 aromatic heterocycles. The van der Waals surface area contributed by atoms with Crippen molar-refractivity contribution in [1.29, 1.82) is 0 Å². The number of rotatable bonds is 6. The molecule has 0 radical (unpaired) electrons.